The summed E-state index contributed by atoms with van der Waals surface area (Å²) in [4.78, 5) is 15.2. The number of amides is 1. The van der Waals surface area contributed by atoms with E-state index in [1.165, 1.54) is 15.8 Å². The van der Waals surface area contributed by atoms with Crippen LogP contribution in [-0.4, -0.2) is 28.5 Å². The average molecular weight is 353 g/mol. The lowest BCUT2D eigenvalue weighted by atomic mass is 9.99. The highest BCUT2D eigenvalue weighted by molar-refractivity contribution is 7.17. The number of aromatic nitrogens is 1. The maximum atomic E-state index is 13.1. The largest absolute Gasteiger partial charge is 0.337 e. The van der Waals surface area contributed by atoms with E-state index in [0.717, 1.165) is 50.5 Å². The monoisotopic (exact) mass is 352 g/mol. The minimum Gasteiger partial charge on any atom is -0.337 e. The van der Waals surface area contributed by atoms with Crippen LogP contribution in [0.25, 0.3) is 10.2 Å². The Hall–Kier alpha value is -2.07. The third-order valence-electron chi connectivity index (χ3n) is 5.28. The molecule has 1 aliphatic rings. The molecule has 25 heavy (non-hydrogen) atoms. The van der Waals surface area contributed by atoms with Crippen molar-refractivity contribution in [3.05, 3.63) is 59.1 Å². The zero-order valence-corrected chi connectivity index (χ0v) is 15.5. The number of nitrogens with zero attached hydrogens (tertiary/aromatic N) is 2. The molecule has 2 aromatic heterocycles. The fourth-order valence-corrected chi connectivity index (χ4v) is 4.48. The molecular formula is C21H24N2OS. The topological polar surface area (TPSA) is 25.2 Å². The Morgan fingerprint density at radius 2 is 1.92 bits per heavy atom. The van der Waals surface area contributed by atoms with Crippen LogP contribution in [0.1, 0.15) is 35.8 Å². The number of carbonyl (C=O) groups excluding carboxylic acids is 1. The Labute approximate surface area is 152 Å². The van der Waals surface area contributed by atoms with E-state index >= 15 is 0 Å². The molecule has 0 N–H and O–H groups in total. The van der Waals surface area contributed by atoms with Gasteiger partial charge in [0.05, 0.1) is 10.2 Å². The van der Waals surface area contributed by atoms with Crippen molar-refractivity contribution >= 4 is 27.5 Å². The van der Waals surface area contributed by atoms with Crippen LogP contribution in [0.15, 0.2) is 47.8 Å². The summed E-state index contributed by atoms with van der Waals surface area (Å²) in [6.07, 6.45) is 3.17. The molecule has 3 aromatic rings. The van der Waals surface area contributed by atoms with E-state index in [2.05, 4.69) is 53.3 Å². The Bertz CT molecular complexity index is 857. The first-order chi connectivity index (χ1) is 12.2. The summed E-state index contributed by atoms with van der Waals surface area (Å²) in [6, 6.07) is 14.7. The number of likely N-dealkylation sites (tertiary alicyclic amines) is 1. The van der Waals surface area contributed by atoms with E-state index in [-0.39, 0.29) is 5.91 Å². The Morgan fingerprint density at radius 1 is 1.16 bits per heavy atom. The predicted molar refractivity (Wildman–Crippen MR) is 104 cm³/mol. The fourth-order valence-electron chi connectivity index (χ4n) is 3.65. The molecule has 0 spiro atoms. The lowest BCUT2D eigenvalue weighted by molar-refractivity contribution is 0.0686. The van der Waals surface area contributed by atoms with Gasteiger partial charge in [-0.1, -0.05) is 37.3 Å². The van der Waals surface area contributed by atoms with Crippen LogP contribution in [0.5, 0.6) is 0 Å². The van der Waals surface area contributed by atoms with Crippen molar-refractivity contribution in [1.82, 2.24) is 9.47 Å². The molecule has 0 atom stereocenters. The van der Waals surface area contributed by atoms with E-state index in [4.69, 9.17) is 0 Å². The van der Waals surface area contributed by atoms with Gasteiger partial charge in [0, 0.05) is 19.6 Å². The third-order valence-corrected chi connectivity index (χ3v) is 6.13. The van der Waals surface area contributed by atoms with Gasteiger partial charge in [0.1, 0.15) is 5.69 Å². The van der Waals surface area contributed by atoms with E-state index in [1.807, 2.05) is 11.0 Å². The quantitative estimate of drug-likeness (QED) is 0.661. The molecule has 1 fully saturated rings. The summed E-state index contributed by atoms with van der Waals surface area (Å²) in [7, 11) is 0. The number of rotatable bonds is 4. The molecular weight excluding hydrogens is 328 g/mol. The van der Waals surface area contributed by atoms with Gasteiger partial charge in [-0.3, -0.25) is 4.79 Å². The molecule has 3 heterocycles. The highest BCUT2D eigenvalue weighted by Gasteiger charge is 2.25. The Balaban J connectivity index is 1.60. The highest BCUT2D eigenvalue weighted by atomic mass is 32.1. The molecule has 0 unspecified atom stereocenters. The molecule has 1 aromatic carbocycles. The number of benzene rings is 1. The van der Waals surface area contributed by atoms with Crippen LogP contribution in [0.3, 0.4) is 0 Å². The fraction of sp³-hybridized carbons (Fsp3) is 0.381. The van der Waals surface area contributed by atoms with Gasteiger partial charge >= 0.3 is 0 Å². The average Bonchev–Trinajstić information content (AvgIpc) is 3.22. The second kappa shape index (κ2) is 7.04. The zero-order chi connectivity index (χ0) is 17.2. The first-order valence-electron chi connectivity index (χ1n) is 9.12. The van der Waals surface area contributed by atoms with Crippen molar-refractivity contribution in [2.24, 2.45) is 5.92 Å². The van der Waals surface area contributed by atoms with Gasteiger partial charge in [-0.25, -0.2) is 0 Å². The lowest BCUT2D eigenvalue weighted by Gasteiger charge is -2.30. The number of carbonyl (C=O) groups is 1. The lowest BCUT2D eigenvalue weighted by Crippen LogP contribution is -2.38. The van der Waals surface area contributed by atoms with Crippen molar-refractivity contribution in [3.8, 4) is 0 Å². The summed E-state index contributed by atoms with van der Waals surface area (Å²) in [6.45, 7) is 4.89. The number of fused-ring (bicyclic) bond motifs is 1. The third kappa shape index (κ3) is 3.36. The second-order valence-corrected chi connectivity index (χ2v) is 8.01. The Kier molecular flexibility index (Phi) is 4.62. The van der Waals surface area contributed by atoms with E-state index in [0.29, 0.717) is 0 Å². The molecule has 4 heteroatoms. The van der Waals surface area contributed by atoms with Crippen LogP contribution in [-0.2, 0) is 13.0 Å². The standard InChI is InChI=1S/C21H24N2OS/c1-16-7-11-22(12-8-16)21(24)19-15-20-18(10-14-25-20)23(19)13-9-17-5-3-2-4-6-17/h2-6,10,14-16H,7-9,11-13H2,1H3. The zero-order valence-electron chi connectivity index (χ0n) is 14.6. The number of aryl methyl sites for hydroxylation is 2. The van der Waals surface area contributed by atoms with Crippen LogP contribution >= 0.6 is 11.3 Å². The van der Waals surface area contributed by atoms with Crippen LogP contribution in [0.2, 0.25) is 0 Å². The first-order valence-corrected chi connectivity index (χ1v) is 10.0. The molecule has 0 saturated carbocycles. The molecule has 130 valence electrons. The Morgan fingerprint density at radius 3 is 2.68 bits per heavy atom. The smallest absolute Gasteiger partial charge is 0.270 e. The molecule has 1 saturated heterocycles. The van der Waals surface area contributed by atoms with Gasteiger partial charge in [-0.15, -0.1) is 11.3 Å². The van der Waals surface area contributed by atoms with Crippen molar-refractivity contribution in [3.63, 3.8) is 0 Å². The number of piperidine rings is 1. The van der Waals surface area contributed by atoms with Crippen molar-refractivity contribution in [2.45, 2.75) is 32.7 Å². The molecule has 0 bridgehead atoms. The maximum absolute atomic E-state index is 13.1. The molecule has 3 nitrogen and oxygen atoms in total. The van der Waals surface area contributed by atoms with Crippen LogP contribution in [0, 0.1) is 5.92 Å². The normalized spacial score (nSPS) is 15.8. The van der Waals surface area contributed by atoms with Gasteiger partial charge in [0.2, 0.25) is 0 Å². The minimum atomic E-state index is 0.198. The molecule has 4 rings (SSSR count). The number of thiophene rings is 1. The van der Waals surface area contributed by atoms with Crippen molar-refractivity contribution in [1.29, 1.82) is 0 Å². The summed E-state index contributed by atoms with van der Waals surface area (Å²) < 4.78 is 3.43. The van der Waals surface area contributed by atoms with Crippen molar-refractivity contribution < 1.29 is 4.79 Å². The predicted octanol–water partition coefficient (Wildman–Crippen LogP) is 4.82. The molecule has 1 aliphatic heterocycles. The second-order valence-electron chi connectivity index (χ2n) is 7.06. The van der Waals surface area contributed by atoms with Crippen molar-refractivity contribution in [2.75, 3.05) is 13.1 Å². The summed E-state index contributed by atoms with van der Waals surface area (Å²) in [5.41, 5.74) is 3.35. The van der Waals surface area contributed by atoms with Gasteiger partial charge < -0.3 is 9.47 Å². The van der Waals surface area contributed by atoms with Gasteiger partial charge in [0.25, 0.3) is 5.91 Å². The first kappa shape index (κ1) is 16.4. The SMILES string of the molecule is CC1CCN(C(=O)c2cc3sccc3n2CCc2ccccc2)CC1. The van der Waals surface area contributed by atoms with Crippen LogP contribution in [0.4, 0.5) is 0 Å². The molecule has 0 radical (unpaired) electrons. The summed E-state index contributed by atoms with van der Waals surface area (Å²) >= 11 is 1.72. The van der Waals surface area contributed by atoms with Gasteiger partial charge in [0.15, 0.2) is 0 Å². The van der Waals surface area contributed by atoms with E-state index in [1.54, 1.807) is 11.3 Å². The van der Waals surface area contributed by atoms with Crippen LogP contribution < -0.4 is 0 Å². The maximum Gasteiger partial charge on any atom is 0.270 e. The highest BCUT2D eigenvalue weighted by Crippen LogP contribution is 2.27. The number of hydrogen-bond donors (Lipinski definition) is 0. The molecule has 0 aliphatic carbocycles. The van der Waals surface area contributed by atoms with Gasteiger partial charge in [-0.05, 0) is 48.3 Å². The van der Waals surface area contributed by atoms with Gasteiger partial charge in [-0.2, -0.15) is 0 Å². The number of hydrogen-bond acceptors (Lipinski definition) is 2. The van der Waals surface area contributed by atoms with E-state index in [9.17, 15) is 4.79 Å². The molecule has 1 amide bonds. The summed E-state index contributed by atoms with van der Waals surface area (Å²) in [5, 5.41) is 2.11. The minimum absolute atomic E-state index is 0.198. The van der Waals surface area contributed by atoms with E-state index < -0.39 is 0 Å². The summed E-state index contributed by atoms with van der Waals surface area (Å²) in [5.74, 6) is 0.931.